The van der Waals surface area contributed by atoms with E-state index in [0.29, 0.717) is 5.56 Å². The Kier molecular flexibility index (Phi) is 2.69. The molecule has 74 valence electrons. The fourth-order valence-corrected chi connectivity index (χ4v) is 1.91. The molecular formula is C8H7NO4S. The molecule has 0 saturated heterocycles. The summed E-state index contributed by atoms with van der Waals surface area (Å²) in [7, 11) is -4.02. The van der Waals surface area contributed by atoms with Gasteiger partial charge in [-0.15, -0.1) is 0 Å². The smallest absolute Gasteiger partial charge is 0.293 e. The first-order valence-electron chi connectivity index (χ1n) is 3.61. The summed E-state index contributed by atoms with van der Waals surface area (Å²) in [5, 5.41) is 9.06. The van der Waals surface area contributed by atoms with Gasteiger partial charge in [0.05, 0.1) is 4.90 Å². The Morgan fingerprint density at radius 3 is 2.64 bits per heavy atom. The fourth-order valence-electron chi connectivity index (χ4n) is 0.965. The molecule has 0 aromatic heterocycles. The van der Waals surface area contributed by atoms with Crippen LogP contribution < -0.4 is 0 Å². The number of isocyanates is 1. The van der Waals surface area contributed by atoms with Crippen LogP contribution in [0.5, 0.6) is 5.75 Å². The van der Waals surface area contributed by atoms with Crippen molar-refractivity contribution in [1.82, 2.24) is 0 Å². The van der Waals surface area contributed by atoms with Crippen LogP contribution in [0.4, 0.5) is 0 Å². The lowest BCUT2D eigenvalue weighted by molar-refractivity contribution is 0.473. The van der Waals surface area contributed by atoms with Crippen molar-refractivity contribution < 1.29 is 18.3 Å². The number of phenolic OH excluding ortho intramolecular Hbond substituents is 1. The summed E-state index contributed by atoms with van der Waals surface area (Å²) in [6.07, 6.45) is 0.959. The maximum absolute atomic E-state index is 11.3. The Morgan fingerprint density at radius 1 is 1.43 bits per heavy atom. The van der Waals surface area contributed by atoms with E-state index >= 15 is 0 Å². The van der Waals surface area contributed by atoms with E-state index in [1.54, 1.807) is 0 Å². The van der Waals surface area contributed by atoms with Gasteiger partial charge in [0.25, 0.3) is 16.1 Å². The summed E-state index contributed by atoms with van der Waals surface area (Å²) in [6.45, 7) is 1.53. The standard InChI is InChI=1S/C8H7NO4S/c1-6-2-3-7(11)4-8(6)14(12,13)9-5-10/h2-4,11H,1H3. The SMILES string of the molecule is Cc1ccc(O)cc1S(=O)(=O)N=C=O. The van der Waals surface area contributed by atoms with Crippen LogP contribution in [0, 0.1) is 6.92 Å². The van der Waals surface area contributed by atoms with Crippen LogP contribution in [0.25, 0.3) is 0 Å². The average Bonchev–Trinajstić information content (AvgIpc) is 2.09. The summed E-state index contributed by atoms with van der Waals surface area (Å²) in [6, 6.07) is 3.80. The number of aromatic hydroxyl groups is 1. The Bertz CT molecular complexity index is 500. The summed E-state index contributed by atoms with van der Waals surface area (Å²) in [4.78, 5) is 9.66. The van der Waals surface area contributed by atoms with Gasteiger partial charge in [0, 0.05) is 6.07 Å². The number of nitrogens with zero attached hydrogens (tertiary/aromatic N) is 1. The predicted octanol–water partition coefficient (Wildman–Crippen LogP) is 0.725. The second kappa shape index (κ2) is 3.61. The lowest BCUT2D eigenvalue weighted by Gasteiger charge is -2.01. The first-order valence-corrected chi connectivity index (χ1v) is 5.05. The molecule has 0 spiro atoms. The number of rotatable bonds is 2. The van der Waals surface area contributed by atoms with E-state index in [1.165, 1.54) is 19.1 Å². The summed E-state index contributed by atoms with van der Waals surface area (Å²) >= 11 is 0. The zero-order chi connectivity index (χ0) is 10.8. The maximum Gasteiger partial charge on any atom is 0.293 e. The van der Waals surface area contributed by atoms with E-state index in [-0.39, 0.29) is 10.6 Å². The minimum Gasteiger partial charge on any atom is -0.508 e. The molecule has 0 amide bonds. The number of phenols is 1. The van der Waals surface area contributed by atoms with Gasteiger partial charge in [-0.3, -0.25) is 0 Å². The molecule has 0 aliphatic heterocycles. The van der Waals surface area contributed by atoms with Crippen LogP contribution in [0.1, 0.15) is 5.56 Å². The van der Waals surface area contributed by atoms with E-state index < -0.39 is 10.0 Å². The first-order chi connectivity index (χ1) is 6.47. The minimum absolute atomic E-state index is 0.194. The highest BCUT2D eigenvalue weighted by atomic mass is 32.2. The van der Waals surface area contributed by atoms with Gasteiger partial charge in [-0.1, -0.05) is 10.5 Å². The van der Waals surface area contributed by atoms with Crippen molar-refractivity contribution in [3.05, 3.63) is 23.8 Å². The Hall–Kier alpha value is -1.65. The highest BCUT2D eigenvalue weighted by Crippen LogP contribution is 2.21. The largest absolute Gasteiger partial charge is 0.508 e. The van der Waals surface area contributed by atoms with E-state index in [0.717, 1.165) is 12.1 Å². The van der Waals surface area contributed by atoms with Gasteiger partial charge >= 0.3 is 0 Å². The number of hydrogen-bond donors (Lipinski definition) is 1. The minimum atomic E-state index is -4.02. The lowest BCUT2D eigenvalue weighted by atomic mass is 10.2. The Balaban J connectivity index is 3.46. The van der Waals surface area contributed by atoms with Crippen molar-refractivity contribution in [2.24, 2.45) is 4.40 Å². The van der Waals surface area contributed by atoms with Gasteiger partial charge in [0.15, 0.2) is 0 Å². The van der Waals surface area contributed by atoms with Crippen molar-refractivity contribution in [3.63, 3.8) is 0 Å². The molecule has 0 atom stereocenters. The molecule has 0 unspecified atom stereocenters. The predicted molar refractivity (Wildman–Crippen MR) is 48.2 cm³/mol. The Labute approximate surface area is 80.8 Å². The molecule has 0 bridgehead atoms. The molecule has 1 aromatic rings. The molecule has 1 aromatic carbocycles. The van der Waals surface area contributed by atoms with Gasteiger partial charge < -0.3 is 5.11 Å². The van der Waals surface area contributed by atoms with Crippen LogP contribution in [-0.4, -0.2) is 19.6 Å². The van der Waals surface area contributed by atoms with Crippen molar-refractivity contribution in [2.75, 3.05) is 0 Å². The molecule has 5 nitrogen and oxygen atoms in total. The van der Waals surface area contributed by atoms with Crippen molar-refractivity contribution >= 4 is 16.1 Å². The Morgan fingerprint density at radius 2 is 2.07 bits per heavy atom. The number of sulfonamides is 1. The second-order valence-electron chi connectivity index (χ2n) is 2.61. The summed E-state index contributed by atoms with van der Waals surface area (Å²) in [5.74, 6) is -0.199. The third-order valence-electron chi connectivity index (χ3n) is 1.61. The fraction of sp³-hybridized carbons (Fsp3) is 0.125. The van der Waals surface area contributed by atoms with E-state index in [9.17, 15) is 13.2 Å². The van der Waals surface area contributed by atoms with Crippen molar-refractivity contribution in [2.45, 2.75) is 11.8 Å². The highest BCUT2D eigenvalue weighted by molar-refractivity contribution is 7.90. The molecule has 0 aliphatic rings. The monoisotopic (exact) mass is 213 g/mol. The van der Waals surface area contributed by atoms with Gasteiger partial charge in [-0.05, 0) is 18.6 Å². The highest BCUT2D eigenvalue weighted by Gasteiger charge is 2.15. The zero-order valence-corrected chi connectivity index (χ0v) is 8.08. The normalized spacial score (nSPS) is 10.6. The van der Waals surface area contributed by atoms with Crippen molar-refractivity contribution in [3.8, 4) is 5.75 Å². The van der Waals surface area contributed by atoms with Gasteiger partial charge in [-0.2, -0.15) is 8.42 Å². The van der Waals surface area contributed by atoms with Gasteiger partial charge in [0.2, 0.25) is 0 Å². The molecule has 6 heteroatoms. The van der Waals surface area contributed by atoms with E-state index in [1.807, 2.05) is 0 Å². The first kappa shape index (κ1) is 10.4. The number of aryl methyl sites for hydroxylation is 1. The summed E-state index contributed by atoms with van der Waals surface area (Å²) < 4.78 is 25.2. The maximum atomic E-state index is 11.3. The third kappa shape index (κ3) is 1.99. The number of benzene rings is 1. The summed E-state index contributed by atoms with van der Waals surface area (Å²) in [5.41, 5.74) is 0.404. The van der Waals surface area contributed by atoms with E-state index in [4.69, 9.17) is 5.11 Å². The topological polar surface area (TPSA) is 83.8 Å². The van der Waals surface area contributed by atoms with Crippen LogP contribution in [0.15, 0.2) is 27.5 Å². The quantitative estimate of drug-likeness (QED) is 0.579. The third-order valence-corrected chi connectivity index (χ3v) is 2.92. The molecule has 0 saturated carbocycles. The van der Waals surface area contributed by atoms with E-state index in [2.05, 4.69) is 4.40 Å². The molecule has 1 rings (SSSR count). The van der Waals surface area contributed by atoms with Crippen LogP contribution in [0.3, 0.4) is 0 Å². The van der Waals surface area contributed by atoms with Crippen LogP contribution in [0.2, 0.25) is 0 Å². The van der Waals surface area contributed by atoms with Crippen LogP contribution >= 0.6 is 0 Å². The molecule has 0 heterocycles. The molecule has 0 radical (unpaired) electrons. The molecular weight excluding hydrogens is 206 g/mol. The molecule has 14 heavy (non-hydrogen) atoms. The van der Waals surface area contributed by atoms with Gasteiger partial charge in [0.1, 0.15) is 5.75 Å². The second-order valence-corrected chi connectivity index (χ2v) is 4.18. The molecule has 0 aliphatic carbocycles. The molecule has 1 N–H and O–H groups in total. The van der Waals surface area contributed by atoms with Gasteiger partial charge in [-0.25, -0.2) is 4.79 Å². The van der Waals surface area contributed by atoms with Crippen molar-refractivity contribution in [1.29, 1.82) is 0 Å². The number of hydrogen-bond acceptors (Lipinski definition) is 4. The zero-order valence-electron chi connectivity index (χ0n) is 7.26. The van der Waals surface area contributed by atoms with Crippen LogP contribution in [-0.2, 0) is 14.8 Å². The number of carbonyl (C=O) groups excluding carboxylic acids is 1. The lowest BCUT2D eigenvalue weighted by Crippen LogP contribution is -1.98. The molecule has 0 fully saturated rings. The average molecular weight is 213 g/mol.